The van der Waals surface area contributed by atoms with Gasteiger partial charge < -0.3 is 9.47 Å². The number of hydrogen-bond donors (Lipinski definition) is 1. The Kier molecular flexibility index (Phi) is 4.70. The molecule has 7 heteroatoms. The molecule has 0 bridgehead atoms. The average Bonchev–Trinajstić information content (AvgIpc) is 2.83. The Hall–Kier alpha value is -0.790. The Bertz CT molecular complexity index is 541. The number of methoxy groups -OCH3 is 1. The number of hydrogen-bond acceptors (Lipinski definition) is 4. The molecule has 106 valence electrons. The molecular formula is C12H16BrNO4S. The van der Waals surface area contributed by atoms with Crippen LogP contribution in [0.5, 0.6) is 5.75 Å². The third kappa shape index (κ3) is 4.09. The second-order valence-corrected chi connectivity index (χ2v) is 6.99. The highest BCUT2D eigenvalue weighted by molar-refractivity contribution is 9.10. The van der Waals surface area contributed by atoms with Crippen LogP contribution in [0.4, 0.5) is 5.69 Å². The summed E-state index contributed by atoms with van der Waals surface area (Å²) < 4.78 is 37.8. The normalized spacial score (nSPS) is 19.4. The monoisotopic (exact) mass is 349 g/mol. The molecule has 0 aromatic heterocycles. The van der Waals surface area contributed by atoms with Crippen LogP contribution in [-0.2, 0) is 14.8 Å². The van der Waals surface area contributed by atoms with E-state index in [1.165, 1.54) is 7.11 Å². The summed E-state index contributed by atoms with van der Waals surface area (Å²) in [6.45, 7) is 0.642. The van der Waals surface area contributed by atoms with Gasteiger partial charge in [-0.1, -0.05) is 0 Å². The molecule has 1 aromatic carbocycles. The summed E-state index contributed by atoms with van der Waals surface area (Å²) in [7, 11) is -1.89. The zero-order valence-corrected chi connectivity index (χ0v) is 13.0. The quantitative estimate of drug-likeness (QED) is 0.886. The fourth-order valence-corrected chi connectivity index (χ4v) is 3.76. The summed E-state index contributed by atoms with van der Waals surface area (Å²) in [5.41, 5.74) is 0.470. The maximum absolute atomic E-state index is 12.1. The molecule has 0 radical (unpaired) electrons. The Balaban J connectivity index is 2.10. The number of sulfonamides is 1. The number of benzene rings is 1. The fraction of sp³-hybridized carbons (Fsp3) is 0.500. The third-order valence-corrected chi connectivity index (χ3v) is 4.90. The second-order valence-electron chi connectivity index (χ2n) is 4.36. The summed E-state index contributed by atoms with van der Waals surface area (Å²) >= 11 is 3.31. The fourth-order valence-electron chi connectivity index (χ4n) is 1.94. The van der Waals surface area contributed by atoms with Gasteiger partial charge >= 0.3 is 0 Å². The van der Waals surface area contributed by atoms with Gasteiger partial charge in [0.05, 0.1) is 24.7 Å². The Morgan fingerprint density at radius 3 is 2.95 bits per heavy atom. The minimum Gasteiger partial charge on any atom is -0.497 e. The van der Waals surface area contributed by atoms with Crippen molar-refractivity contribution in [3.05, 3.63) is 22.7 Å². The first-order chi connectivity index (χ1) is 9.00. The highest BCUT2D eigenvalue weighted by Gasteiger charge is 2.23. The second kappa shape index (κ2) is 6.11. The highest BCUT2D eigenvalue weighted by Crippen LogP contribution is 2.28. The van der Waals surface area contributed by atoms with E-state index in [9.17, 15) is 8.42 Å². The van der Waals surface area contributed by atoms with Crippen LogP contribution in [0.15, 0.2) is 22.7 Å². The molecule has 0 saturated carbocycles. The van der Waals surface area contributed by atoms with Crippen molar-refractivity contribution in [3.8, 4) is 5.75 Å². The first-order valence-electron chi connectivity index (χ1n) is 5.96. The van der Waals surface area contributed by atoms with Crippen LogP contribution in [0.3, 0.4) is 0 Å². The van der Waals surface area contributed by atoms with Crippen LogP contribution in [0.1, 0.15) is 12.8 Å². The van der Waals surface area contributed by atoms with Gasteiger partial charge in [0.25, 0.3) is 0 Å². The van der Waals surface area contributed by atoms with Crippen LogP contribution in [0.25, 0.3) is 0 Å². The molecule has 1 N–H and O–H groups in total. The van der Waals surface area contributed by atoms with E-state index in [2.05, 4.69) is 20.7 Å². The number of halogens is 1. The van der Waals surface area contributed by atoms with Gasteiger partial charge in [-0.05, 0) is 40.9 Å². The van der Waals surface area contributed by atoms with Crippen LogP contribution in [-0.4, -0.2) is 34.0 Å². The molecule has 1 aromatic rings. The molecule has 1 aliphatic rings. The van der Waals surface area contributed by atoms with E-state index in [0.29, 0.717) is 22.5 Å². The van der Waals surface area contributed by atoms with E-state index in [0.717, 1.165) is 12.8 Å². The van der Waals surface area contributed by atoms with Crippen molar-refractivity contribution >= 4 is 31.6 Å². The topological polar surface area (TPSA) is 64.6 Å². The van der Waals surface area contributed by atoms with E-state index in [-0.39, 0.29) is 11.9 Å². The van der Waals surface area contributed by atoms with Crippen LogP contribution in [0, 0.1) is 0 Å². The molecule has 1 aliphatic heterocycles. The smallest absolute Gasteiger partial charge is 0.235 e. The summed E-state index contributed by atoms with van der Waals surface area (Å²) in [5.74, 6) is 0.578. The van der Waals surface area contributed by atoms with Crippen LogP contribution < -0.4 is 9.46 Å². The Morgan fingerprint density at radius 1 is 1.53 bits per heavy atom. The molecule has 1 atom stereocenters. The minimum atomic E-state index is -3.43. The van der Waals surface area contributed by atoms with Crippen molar-refractivity contribution in [2.24, 2.45) is 0 Å². The predicted molar refractivity (Wildman–Crippen MR) is 77.1 cm³/mol. The predicted octanol–water partition coefficient (Wildman–Crippen LogP) is 2.38. The van der Waals surface area contributed by atoms with Crippen LogP contribution in [0.2, 0.25) is 0 Å². The average molecular weight is 350 g/mol. The molecule has 0 amide bonds. The van der Waals surface area contributed by atoms with Gasteiger partial charge in [0, 0.05) is 17.1 Å². The van der Waals surface area contributed by atoms with Gasteiger partial charge in [-0.2, -0.15) is 0 Å². The highest BCUT2D eigenvalue weighted by atomic mass is 79.9. The van der Waals surface area contributed by atoms with Crippen molar-refractivity contribution in [2.75, 3.05) is 24.2 Å². The van der Waals surface area contributed by atoms with Crippen molar-refractivity contribution in [1.29, 1.82) is 0 Å². The lowest BCUT2D eigenvalue weighted by Gasteiger charge is -2.13. The first kappa shape index (κ1) is 14.6. The maximum Gasteiger partial charge on any atom is 0.235 e. The number of anilines is 1. The molecule has 5 nitrogen and oxygen atoms in total. The zero-order valence-electron chi connectivity index (χ0n) is 10.6. The summed E-state index contributed by atoms with van der Waals surface area (Å²) in [6, 6.07) is 5.13. The molecular weight excluding hydrogens is 334 g/mol. The molecule has 0 aliphatic carbocycles. The van der Waals surface area contributed by atoms with E-state index in [1.54, 1.807) is 18.2 Å². The lowest BCUT2D eigenvalue weighted by molar-refractivity contribution is 0.127. The largest absolute Gasteiger partial charge is 0.497 e. The number of ether oxygens (including phenoxy) is 2. The first-order valence-corrected chi connectivity index (χ1v) is 8.40. The molecule has 2 rings (SSSR count). The van der Waals surface area contributed by atoms with Gasteiger partial charge in [-0.25, -0.2) is 8.42 Å². The lowest BCUT2D eigenvalue weighted by Crippen LogP contribution is -2.25. The van der Waals surface area contributed by atoms with Crippen LogP contribution >= 0.6 is 15.9 Å². The van der Waals surface area contributed by atoms with E-state index in [4.69, 9.17) is 9.47 Å². The molecule has 0 spiro atoms. The zero-order chi connectivity index (χ0) is 13.9. The molecule has 19 heavy (non-hydrogen) atoms. The molecule has 1 heterocycles. The Morgan fingerprint density at radius 2 is 2.32 bits per heavy atom. The van der Waals surface area contributed by atoms with Gasteiger partial charge in [0.1, 0.15) is 5.75 Å². The lowest BCUT2D eigenvalue weighted by atomic mass is 10.3. The van der Waals surface area contributed by atoms with Crippen molar-refractivity contribution in [3.63, 3.8) is 0 Å². The maximum atomic E-state index is 12.1. The van der Waals surface area contributed by atoms with E-state index >= 15 is 0 Å². The Labute approximate surface area is 121 Å². The van der Waals surface area contributed by atoms with Crippen molar-refractivity contribution in [2.45, 2.75) is 18.9 Å². The van der Waals surface area contributed by atoms with Crippen molar-refractivity contribution < 1.29 is 17.9 Å². The van der Waals surface area contributed by atoms with E-state index in [1.807, 2.05) is 0 Å². The summed E-state index contributed by atoms with van der Waals surface area (Å²) in [4.78, 5) is 0. The van der Waals surface area contributed by atoms with Gasteiger partial charge in [0.2, 0.25) is 10.0 Å². The SMILES string of the molecule is COc1ccc(Br)c(NS(=O)(=O)CC2CCCO2)c1. The summed E-state index contributed by atoms with van der Waals surface area (Å²) in [6.07, 6.45) is 1.50. The third-order valence-electron chi connectivity index (χ3n) is 2.87. The van der Waals surface area contributed by atoms with Gasteiger partial charge in [-0.3, -0.25) is 4.72 Å². The molecule has 1 fully saturated rings. The molecule has 1 saturated heterocycles. The van der Waals surface area contributed by atoms with Gasteiger partial charge in [0.15, 0.2) is 0 Å². The standard InChI is InChI=1S/C12H16BrNO4S/c1-17-9-4-5-11(13)12(7-9)14-19(15,16)8-10-3-2-6-18-10/h4-5,7,10,14H,2-3,6,8H2,1H3. The summed E-state index contributed by atoms with van der Waals surface area (Å²) in [5, 5.41) is 0. The minimum absolute atomic E-state index is 0.0172. The van der Waals surface area contributed by atoms with Gasteiger partial charge in [-0.15, -0.1) is 0 Å². The molecule has 1 unspecified atom stereocenters. The number of rotatable bonds is 5. The van der Waals surface area contributed by atoms with E-state index < -0.39 is 10.0 Å². The van der Waals surface area contributed by atoms with Crippen molar-refractivity contribution in [1.82, 2.24) is 0 Å². The number of nitrogens with one attached hydrogen (secondary N) is 1.